The molecule has 6 heteroatoms. The molecule has 2 aliphatic heterocycles. The molecular formula is C23H31N3O3. The molecule has 1 atom stereocenters. The summed E-state index contributed by atoms with van der Waals surface area (Å²) in [5.74, 6) is 0.0523. The number of hydrogen-bond acceptors (Lipinski definition) is 4. The minimum Gasteiger partial charge on any atom is -0.444 e. The zero-order valence-corrected chi connectivity index (χ0v) is 17.7. The Morgan fingerprint density at radius 1 is 1.21 bits per heavy atom. The lowest BCUT2D eigenvalue weighted by molar-refractivity contribution is -0.139. The first-order chi connectivity index (χ1) is 13.8. The van der Waals surface area contributed by atoms with Crippen molar-refractivity contribution < 1.29 is 14.3 Å². The summed E-state index contributed by atoms with van der Waals surface area (Å²) in [6.07, 6.45) is 5.15. The van der Waals surface area contributed by atoms with Crippen LogP contribution in [0.2, 0.25) is 0 Å². The number of nitrogens with zero attached hydrogens (tertiary/aromatic N) is 3. The Morgan fingerprint density at radius 2 is 1.90 bits per heavy atom. The van der Waals surface area contributed by atoms with Crippen molar-refractivity contribution in [2.45, 2.75) is 70.9 Å². The second kappa shape index (κ2) is 7.47. The van der Waals surface area contributed by atoms with Crippen molar-refractivity contribution in [3.8, 4) is 0 Å². The normalized spacial score (nSPS) is 25.2. The highest BCUT2D eigenvalue weighted by Gasteiger charge is 2.55. The molecule has 0 radical (unpaired) electrons. The molecule has 1 aromatic rings. The molecule has 0 spiro atoms. The highest BCUT2D eigenvalue weighted by Crippen LogP contribution is 2.41. The van der Waals surface area contributed by atoms with Gasteiger partial charge in [-0.25, -0.2) is 9.80 Å². The fourth-order valence-electron chi connectivity index (χ4n) is 4.76. The fraction of sp³-hybridized carbons (Fsp3) is 0.609. The topological polar surface area (TPSA) is 62.2 Å². The summed E-state index contributed by atoms with van der Waals surface area (Å²) in [6, 6.07) is 10.2. The number of likely N-dealkylation sites (tertiary alicyclic amines) is 1. The molecule has 2 fully saturated rings. The predicted molar refractivity (Wildman–Crippen MR) is 112 cm³/mol. The summed E-state index contributed by atoms with van der Waals surface area (Å²) in [4.78, 5) is 28.2. The van der Waals surface area contributed by atoms with Crippen molar-refractivity contribution in [3.05, 3.63) is 35.9 Å². The van der Waals surface area contributed by atoms with Gasteiger partial charge in [-0.1, -0.05) is 43.2 Å². The first kappa shape index (κ1) is 19.9. The van der Waals surface area contributed by atoms with Gasteiger partial charge < -0.3 is 9.64 Å². The van der Waals surface area contributed by atoms with Crippen LogP contribution in [0.15, 0.2) is 35.4 Å². The Bertz CT molecular complexity index is 808. The van der Waals surface area contributed by atoms with Crippen molar-refractivity contribution in [3.63, 3.8) is 0 Å². The molecule has 6 nitrogen and oxygen atoms in total. The summed E-state index contributed by atoms with van der Waals surface area (Å²) in [7, 11) is 0. The van der Waals surface area contributed by atoms with Crippen molar-refractivity contribution in [2.24, 2.45) is 10.5 Å². The Morgan fingerprint density at radius 3 is 2.55 bits per heavy atom. The highest BCUT2D eigenvalue weighted by molar-refractivity contribution is 6.13. The fourth-order valence-corrected chi connectivity index (χ4v) is 4.76. The SMILES string of the molecule is CC(C)(C)OC(=O)N1CCC2=NN(C3CCCC3)C(=O)C2(Cc2ccccc2)C1. The van der Waals surface area contributed by atoms with Crippen molar-refractivity contribution in [2.75, 3.05) is 13.1 Å². The van der Waals surface area contributed by atoms with E-state index in [1.54, 1.807) is 9.91 Å². The van der Waals surface area contributed by atoms with Crippen molar-refractivity contribution in [1.29, 1.82) is 0 Å². The van der Waals surface area contributed by atoms with Gasteiger partial charge in [0, 0.05) is 19.5 Å². The molecule has 4 rings (SSSR count). The van der Waals surface area contributed by atoms with Crippen molar-refractivity contribution in [1.82, 2.24) is 9.91 Å². The molecule has 0 N–H and O–H groups in total. The van der Waals surface area contributed by atoms with Crippen LogP contribution in [-0.4, -0.2) is 52.4 Å². The van der Waals surface area contributed by atoms with Crippen LogP contribution in [0.5, 0.6) is 0 Å². The number of amides is 2. The molecule has 0 bridgehead atoms. The molecule has 2 amide bonds. The number of carbonyl (C=O) groups is 2. The lowest BCUT2D eigenvalue weighted by Crippen LogP contribution is -2.56. The van der Waals surface area contributed by atoms with Gasteiger partial charge in [0.15, 0.2) is 0 Å². The molecule has 1 saturated heterocycles. The number of benzene rings is 1. The first-order valence-electron chi connectivity index (χ1n) is 10.7. The van der Waals surface area contributed by atoms with Gasteiger partial charge in [0.1, 0.15) is 11.0 Å². The Hall–Kier alpha value is -2.37. The largest absolute Gasteiger partial charge is 0.444 e. The molecule has 156 valence electrons. The van der Waals surface area contributed by atoms with Crippen LogP contribution in [0, 0.1) is 5.41 Å². The van der Waals surface area contributed by atoms with E-state index in [9.17, 15) is 9.59 Å². The summed E-state index contributed by atoms with van der Waals surface area (Å²) in [5, 5.41) is 6.59. The van der Waals surface area contributed by atoms with Crippen LogP contribution >= 0.6 is 0 Å². The standard InChI is InChI=1S/C23H31N3O3/c1-22(2,3)29-21(28)25-14-13-19-23(16-25,15-17-9-5-4-6-10-17)20(27)26(24-19)18-11-7-8-12-18/h4-6,9-10,18H,7-8,11-16H2,1-3H3. The number of ether oxygens (including phenoxy) is 1. The molecule has 0 aromatic heterocycles. The monoisotopic (exact) mass is 397 g/mol. The lowest BCUT2D eigenvalue weighted by atomic mass is 9.73. The average molecular weight is 398 g/mol. The van der Waals surface area contributed by atoms with Gasteiger partial charge in [0.2, 0.25) is 0 Å². The number of rotatable bonds is 3. The van der Waals surface area contributed by atoms with Crippen LogP contribution in [0.1, 0.15) is 58.4 Å². The number of hydrogen-bond donors (Lipinski definition) is 0. The van der Waals surface area contributed by atoms with E-state index in [1.165, 1.54) is 0 Å². The second-order valence-corrected chi connectivity index (χ2v) is 9.53. The highest BCUT2D eigenvalue weighted by atomic mass is 16.6. The zero-order chi connectivity index (χ0) is 20.6. The lowest BCUT2D eigenvalue weighted by Gasteiger charge is -2.40. The summed E-state index contributed by atoms with van der Waals surface area (Å²) >= 11 is 0. The van der Waals surface area contributed by atoms with Gasteiger partial charge >= 0.3 is 6.09 Å². The molecule has 2 heterocycles. The maximum atomic E-state index is 13.7. The van der Waals surface area contributed by atoms with E-state index in [-0.39, 0.29) is 18.0 Å². The van der Waals surface area contributed by atoms with Crippen LogP contribution < -0.4 is 0 Å². The minimum atomic E-state index is -0.779. The van der Waals surface area contributed by atoms with E-state index in [1.807, 2.05) is 51.1 Å². The Balaban J connectivity index is 1.64. The number of piperidine rings is 1. The molecule has 1 aromatic carbocycles. The third-order valence-electron chi connectivity index (χ3n) is 6.15. The third-order valence-corrected chi connectivity index (χ3v) is 6.15. The molecule has 3 aliphatic rings. The van der Waals surface area contributed by atoms with Crippen LogP contribution in [0.4, 0.5) is 4.79 Å². The van der Waals surface area contributed by atoms with Crippen LogP contribution in [0.25, 0.3) is 0 Å². The summed E-state index contributed by atoms with van der Waals surface area (Å²) in [6.45, 7) is 6.46. The smallest absolute Gasteiger partial charge is 0.410 e. The molecule has 1 aliphatic carbocycles. The summed E-state index contributed by atoms with van der Waals surface area (Å²) in [5.41, 5.74) is 0.679. The quantitative estimate of drug-likeness (QED) is 0.775. The third kappa shape index (κ3) is 3.89. The van der Waals surface area contributed by atoms with Gasteiger partial charge in [-0.3, -0.25) is 4.79 Å². The molecule has 1 unspecified atom stereocenters. The average Bonchev–Trinajstić information content (AvgIpc) is 3.28. The second-order valence-electron chi connectivity index (χ2n) is 9.53. The Kier molecular flexibility index (Phi) is 5.13. The van der Waals surface area contributed by atoms with Gasteiger partial charge in [-0.05, 0) is 45.6 Å². The maximum Gasteiger partial charge on any atom is 0.410 e. The van der Waals surface area contributed by atoms with E-state index >= 15 is 0 Å². The predicted octanol–water partition coefficient (Wildman–Crippen LogP) is 4.00. The molecule has 1 saturated carbocycles. The number of hydrazone groups is 1. The number of fused-ring (bicyclic) bond motifs is 1. The van der Waals surface area contributed by atoms with E-state index in [0.717, 1.165) is 37.0 Å². The molecule has 29 heavy (non-hydrogen) atoms. The molecular weight excluding hydrogens is 366 g/mol. The van der Waals surface area contributed by atoms with Gasteiger partial charge in [0.25, 0.3) is 5.91 Å². The van der Waals surface area contributed by atoms with E-state index in [0.29, 0.717) is 25.9 Å². The zero-order valence-electron chi connectivity index (χ0n) is 17.7. The maximum absolute atomic E-state index is 13.7. The van der Waals surface area contributed by atoms with Crippen LogP contribution in [0.3, 0.4) is 0 Å². The van der Waals surface area contributed by atoms with Gasteiger partial charge in [-0.2, -0.15) is 5.10 Å². The number of carbonyl (C=O) groups excluding carboxylic acids is 2. The van der Waals surface area contributed by atoms with Gasteiger partial charge in [-0.15, -0.1) is 0 Å². The first-order valence-corrected chi connectivity index (χ1v) is 10.7. The van der Waals surface area contributed by atoms with E-state index in [2.05, 4.69) is 0 Å². The van der Waals surface area contributed by atoms with Crippen molar-refractivity contribution >= 4 is 17.7 Å². The summed E-state index contributed by atoms with van der Waals surface area (Å²) < 4.78 is 5.60. The van der Waals surface area contributed by atoms with E-state index < -0.39 is 11.0 Å². The van der Waals surface area contributed by atoms with E-state index in [4.69, 9.17) is 9.84 Å². The Labute approximate surface area is 172 Å². The van der Waals surface area contributed by atoms with Gasteiger partial charge in [0.05, 0.1) is 11.8 Å². The minimum absolute atomic E-state index is 0.0523. The van der Waals surface area contributed by atoms with Crippen LogP contribution in [-0.2, 0) is 16.0 Å².